The van der Waals surface area contributed by atoms with Gasteiger partial charge in [0.25, 0.3) is 11.8 Å². The molecule has 0 aromatic heterocycles. The van der Waals surface area contributed by atoms with E-state index in [4.69, 9.17) is 4.74 Å². The molecule has 2 fully saturated rings. The summed E-state index contributed by atoms with van der Waals surface area (Å²) in [5.41, 5.74) is -1.64. The summed E-state index contributed by atoms with van der Waals surface area (Å²) in [5, 5.41) is 19.4. The van der Waals surface area contributed by atoms with Gasteiger partial charge in [-0.1, -0.05) is 126 Å². The van der Waals surface area contributed by atoms with Gasteiger partial charge in [-0.3, -0.25) is 53.0 Å². The minimum atomic E-state index is -5.94. The van der Waals surface area contributed by atoms with Gasteiger partial charge >= 0.3 is 13.3 Å². The fraction of sp³-hybridized carbons (Fsp3) is 0.507. The van der Waals surface area contributed by atoms with Gasteiger partial charge in [0.15, 0.2) is 0 Å². The zero-order valence-electron chi connectivity index (χ0n) is 52.2. The molecule has 2 heterocycles. The van der Waals surface area contributed by atoms with E-state index in [2.05, 4.69) is 58.0 Å². The van der Waals surface area contributed by atoms with Gasteiger partial charge in [-0.25, -0.2) is 0 Å². The second-order valence-corrected chi connectivity index (χ2v) is 26.1. The molecule has 3 aliphatic rings. The van der Waals surface area contributed by atoms with E-state index < -0.39 is 72.5 Å². The number of anilines is 1. The molecule has 1 saturated carbocycles. The summed E-state index contributed by atoms with van der Waals surface area (Å²) in [6, 6.07) is 20.3. The van der Waals surface area contributed by atoms with E-state index in [0.29, 0.717) is 84.7 Å². The molecular formula is C67H87F2N8O13P. The Labute approximate surface area is 530 Å². The van der Waals surface area contributed by atoms with E-state index in [0.717, 1.165) is 55.5 Å². The lowest BCUT2D eigenvalue weighted by Crippen LogP contribution is -2.58. The predicted octanol–water partition coefficient (Wildman–Crippen LogP) is 7.65. The highest BCUT2D eigenvalue weighted by molar-refractivity contribution is 7.52. The molecule has 9 N–H and O–H groups in total. The Kier molecular flexibility index (Phi) is 26.1. The maximum absolute atomic E-state index is 14.8. The Hall–Kier alpha value is -7.72. The number of halogens is 2. The fourth-order valence-electron chi connectivity index (χ4n) is 11.9. The van der Waals surface area contributed by atoms with Crippen LogP contribution in [0.25, 0.3) is 0 Å². The number of piperidine rings is 1. The number of imide groups is 1. The van der Waals surface area contributed by atoms with Gasteiger partial charge in [-0.2, -0.15) is 8.78 Å². The number of alkyl halides is 2. The van der Waals surface area contributed by atoms with Crippen molar-refractivity contribution in [1.82, 2.24) is 36.8 Å². The molecule has 7 rings (SSSR count). The average molecular weight is 1280 g/mol. The molecule has 21 nitrogen and oxygen atoms in total. The highest BCUT2D eigenvalue weighted by Gasteiger charge is 2.50. The van der Waals surface area contributed by atoms with Gasteiger partial charge in [0.2, 0.25) is 41.4 Å². The summed E-state index contributed by atoms with van der Waals surface area (Å²) in [6.45, 7) is 8.62. The summed E-state index contributed by atoms with van der Waals surface area (Å²) < 4.78 is 47.6. The van der Waals surface area contributed by atoms with Crippen LogP contribution >= 0.6 is 7.60 Å². The summed E-state index contributed by atoms with van der Waals surface area (Å²) in [7, 11) is -5.94. The van der Waals surface area contributed by atoms with Crippen LogP contribution in [0.15, 0.2) is 97.1 Å². The number of amides is 9. The van der Waals surface area contributed by atoms with E-state index in [1.807, 2.05) is 19.1 Å². The topological polar surface area (TPSA) is 308 Å². The molecule has 1 unspecified atom stereocenters. The molecule has 1 aliphatic carbocycles. The predicted molar refractivity (Wildman–Crippen MR) is 337 cm³/mol. The van der Waals surface area contributed by atoms with Crippen LogP contribution in [-0.4, -0.2) is 118 Å². The molecule has 0 radical (unpaired) electrons. The van der Waals surface area contributed by atoms with Gasteiger partial charge in [0.05, 0.1) is 6.10 Å². The van der Waals surface area contributed by atoms with Crippen LogP contribution in [0.1, 0.15) is 166 Å². The third kappa shape index (κ3) is 20.4. The van der Waals surface area contributed by atoms with E-state index in [-0.39, 0.29) is 106 Å². The first-order valence-corrected chi connectivity index (χ1v) is 33.3. The number of benzene rings is 4. The summed E-state index contributed by atoms with van der Waals surface area (Å²) in [4.78, 5) is 141. The second-order valence-electron chi connectivity index (χ2n) is 24.5. The maximum atomic E-state index is 14.8. The number of hydrogen-bond donors (Lipinski definition) is 9. The maximum Gasteiger partial charge on any atom is 0.399 e. The first kappa shape index (κ1) is 70.7. The monoisotopic (exact) mass is 1280 g/mol. The molecule has 24 heteroatoms. The van der Waals surface area contributed by atoms with Crippen LogP contribution in [0, 0.1) is 17.8 Å². The van der Waals surface area contributed by atoms with Gasteiger partial charge in [0.1, 0.15) is 30.8 Å². The van der Waals surface area contributed by atoms with Crippen molar-refractivity contribution < 1.29 is 71.0 Å². The Balaban J connectivity index is 0.999. The third-order valence-electron chi connectivity index (χ3n) is 17.3. The standard InChI is InChI=1S/C67H87F2N8O13P/c1-5-44-24-28-47(29-25-44)61(81)70-36-15-13-20-53(62(82)71-35-14-8-6-7-12-22-58(78)72-52-21-16-19-50-51(52)40-77(66(50)86)56-33-34-59(79)76-65(56)85)74-64(84)55(39-46-26-30-48(31-27-46)67(68,69)91(87,88)89)75-63(83)54(38-45-17-10-9-11-18-45)73-60(80)41-90-57-37-43(4)23-32-49(57)42(2)3/h9-11,16-19,21,24-31,42-43,49,53-57H,5-8,12-15,20,22-23,32-41H2,1-4H3,(H,70,81)(H,71,82)(H,72,78)(H,73,80)(H,74,84)(H,75,83)(H,76,79,85)(H2,87,88,89)/t43-,49+,53-,54-,55-,56?,57-/m0/s1. The number of ether oxygens (including phenoxy) is 1. The largest absolute Gasteiger partial charge is 0.399 e. The molecule has 91 heavy (non-hydrogen) atoms. The van der Waals surface area contributed by atoms with Crippen molar-refractivity contribution in [2.75, 3.05) is 25.0 Å². The Bertz CT molecular complexity index is 3240. The molecule has 7 atom stereocenters. The summed E-state index contributed by atoms with van der Waals surface area (Å²) >= 11 is 0. The van der Waals surface area contributed by atoms with Crippen molar-refractivity contribution >= 4 is 66.4 Å². The van der Waals surface area contributed by atoms with Crippen LogP contribution in [-0.2, 0) is 74.3 Å². The Morgan fingerprint density at radius 2 is 1.33 bits per heavy atom. The smallest absolute Gasteiger partial charge is 0.368 e. The minimum absolute atomic E-state index is 0.00914. The molecular weight excluding hydrogens is 1190 g/mol. The summed E-state index contributed by atoms with van der Waals surface area (Å²) in [5.74, 6) is -3.60. The van der Waals surface area contributed by atoms with E-state index in [1.54, 1.807) is 60.7 Å². The normalized spacial score (nSPS) is 18.5. The van der Waals surface area contributed by atoms with Crippen molar-refractivity contribution in [1.29, 1.82) is 0 Å². The second kappa shape index (κ2) is 33.6. The van der Waals surface area contributed by atoms with E-state index in [1.165, 1.54) is 4.90 Å². The molecule has 0 bridgehead atoms. The van der Waals surface area contributed by atoms with Crippen LogP contribution in [0.2, 0.25) is 0 Å². The number of hydrogen-bond acceptors (Lipinski definition) is 11. The van der Waals surface area contributed by atoms with Crippen molar-refractivity contribution in [3.8, 4) is 0 Å². The highest BCUT2D eigenvalue weighted by Crippen LogP contribution is 2.59. The minimum Gasteiger partial charge on any atom is -0.368 e. The highest BCUT2D eigenvalue weighted by atomic mass is 31.2. The Morgan fingerprint density at radius 1 is 0.703 bits per heavy atom. The van der Waals surface area contributed by atoms with Gasteiger partial charge in [-0.15, -0.1) is 0 Å². The summed E-state index contributed by atoms with van der Waals surface area (Å²) in [6.07, 6.45) is 7.52. The average Bonchev–Trinajstić information content (AvgIpc) is 1.68. The lowest BCUT2D eigenvalue weighted by Gasteiger charge is -2.37. The molecule has 0 spiro atoms. The van der Waals surface area contributed by atoms with Gasteiger partial charge in [-0.05, 0) is 116 Å². The molecule has 9 amide bonds. The van der Waals surface area contributed by atoms with Gasteiger partial charge < -0.3 is 51.3 Å². The van der Waals surface area contributed by atoms with Crippen LogP contribution in [0.4, 0.5) is 14.5 Å². The molecule has 2 aliphatic heterocycles. The van der Waals surface area contributed by atoms with E-state index >= 15 is 0 Å². The van der Waals surface area contributed by atoms with Crippen LogP contribution < -0.4 is 37.2 Å². The van der Waals surface area contributed by atoms with Crippen LogP contribution in [0.5, 0.6) is 0 Å². The SMILES string of the molecule is CCc1ccc(C(=O)NCCCC[C@H](NC(=O)[C@H](Cc2ccc(C(F)(F)P(=O)(O)O)cc2)NC(=O)[C@H](Cc2ccccc2)NC(=O)CO[C@H]2C[C@@H](C)CC[C@@H]2C(C)C)C(=O)NCCCCCCCC(=O)Nc2cccc3c2CN(C2CCC(=O)NC2=O)C3=O)cc1. The first-order chi connectivity index (χ1) is 43.4. The van der Waals surface area contributed by atoms with Crippen molar-refractivity contribution in [3.05, 3.63) is 136 Å². The number of carbonyl (C=O) groups excluding carboxylic acids is 9. The number of nitrogens with zero attached hydrogens (tertiary/aromatic N) is 1. The number of carbonyl (C=O) groups is 9. The number of unbranched alkanes of at least 4 members (excludes halogenated alkanes) is 5. The van der Waals surface area contributed by atoms with Crippen molar-refractivity contribution in [2.45, 2.75) is 179 Å². The number of rotatable bonds is 33. The third-order valence-corrected chi connectivity index (χ3v) is 18.3. The first-order valence-electron chi connectivity index (χ1n) is 31.7. The van der Waals surface area contributed by atoms with Crippen LogP contribution in [0.3, 0.4) is 0 Å². The number of nitrogens with one attached hydrogen (secondary N) is 7. The molecule has 4 aromatic rings. The van der Waals surface area contributed by atoms with Crippen molar-refractivity contribution in [3.63, 3.8) is 0 Å². The fourth-order valence-corrected chi connectivity index (χ4v) is 12.4. The zero-order chi connectivity index (χ0) is 65.8. The number of fused-ring (bicyclic) bond motifs is 1. The zero-order valence-corrected chi connectivity index (χ0v) is 53.1. The number of aryl methyl sites for hydroxylation is 1. The van der Waals surface area contributed by atoms with Crippen molar-refractivity contribution in [2.24, 2.45) is 17.8 Å². The quantitative estimate of drug-likeness (QED) is 0.0126. The Morgan fingerprint density at radius 3 is 2.00 bits per heavy atom. The van der Waals surface area contributed by atoms with E-state index in [9.17, 15) is 66.3 Å². The lowest BCUT2D eigenvalue weighted by molar-refractivity contribution is -0.137. The lowest BCUT2D eigenvalue weighted by atomic mass is 9.75. The van der Waals surface area contributed by atoms with Gasteiger partial charge in [0, 0.05) is 73.3 Å². The molecule has 492 valence electrons. The molecule has 1 saturated heterocycles. The molecule has 4 aromatic carbocycles.